The summed E-state index contributed by atoms with van der Waals surface area (Å²) in [6.07, 6.45) is -1.61. The normalized spacial score (nSPS) is 18.8. The maximum absolute atomic E-state index is 13.4. The average molecular weight is 490 g/mol. The molecule has 2 atom stereocenters. The van der Waals surface area contributed by atoms with Crippen LogP contribution in [0.25, 0.3) is 5.69 Å². The van der Waals surface area contributed by atoms with Gasteiger partial charge in [-0.1, -0.05) is 36.4 Å². The number of hydrazone groups is 1. The Morgan fingerprint density at radius 2 is 1.75 bits per heavy atom. The lowest BCUT2D eigenvalue weighted by Crippen LogP contribution is -2.54. The number of para-hydroxylation sites is 2. The molecule has 0 radical (unpaired) electrons. The molecular formula is C25H27N7O4. The van der Waals surface area contributed by atoms with E-state index in [-0.39, 0.29) is 12.5 Å². The summed E-state index contributed by atoms with van der Waals surface area (Å²) in [6.45, 7) is 7.27. The number of aromatic nitrogens is 4. The predicted molar refractivity (Wildman–Crippen MR) is 131 cm³/mol. The quantitative estimate of drug-likeness (QED) is 0.544. The van der Waals surface area contributed by atoms with Gasteiger partial charge in [-0.2, -0.15) is 14.8 Å². The first-order chi connectivity index (χ1) is 17.3. The van der Waals surface area contributed by atoms with Crippen molar-refractivity contribution < 1.29 is 19.1 Å². The van der Waals surface area contributed by atoms with Crippen LogP contribution in [0.2, 0.25) is 0 Å². The Balaban J connectivity index is 1.62. The molecule has 3 aromatic rings. The predicted octanol–water partition coefficient (Wildman–Crippen LogP) is 4.09. The van der Waals surface area contributed by atoms with Gasteiger partial charge in [-0.25, -0.2) is 9.59 Å². The highest BCUT2D eigenvalue weighted by atomic mass is 16.6. The molecule has 0 spiro atoms. The Bertz CT molecular complexity index is 1320. The van der Waals surface area contributed by atoms with Crippen LogP contribution in [0.4, 0.5) is 15.3 Å². The minimum Gasteiger partial charge on any atom is -0.448 e. The van der Waals surface area contributed by atoms with Gasteiger partial charge < -0.3 is 9.47 Å². The molecule has 0 saturated heterocycles. The Kier molecular flexibility index (Phi) is 5.91. The molecule has 11 heteroatoms. The minimum atomic E-state index is -0.763. The lowest BCUT2D eigenvalue weighted by Gasteiger charge is -2.38. The van der Waals surface area contributed by atoms with Crippen LogP contribution in [-0.2, 0) is 9.47 Å². The fourth-order valence-electron chi connectivity index (χ4n) is 4.54. The maximum atomic E-state index is 13.4. The summed E-state index contributed by atoms with van der Waals surface area (Å²) < 4.78 is 12.6. The molecule has 0 bridgehead atoms. The zero-order valence-electron chi connectivity index (χ0n) is 20.5. The third-order valence-electron chi connectivity index (χ3n) is 5.89. The summed E-state index contributed by atoms with van der Waals surface area (Å²) in [6, 6.07) is 17.0. The summed E-state index contributed by atoms with van der Waals surface area (Å²) in [5, 5.41) is 18.1. The zero-order chi connectivity index (χ0) is 25.4. The number of tetrazole rings is 1. The number of benzene rings is 2. The number of hydrogen-bond acceptors (Lipinski definition) is 8. The van der Waals surface area contributed by atoms with Crippen LogP contribution in [0.3, 0.4) is 0 Å². The number of hydrogen-bond donors (Lipinski definition) is 0. The molecule has 0 aliphatic carbocycles. The molecule has 2 aromatic carbocycles. The maximum Gasteiger partial charge on any atom is 0.432 e. The van der Waals surface area contributed by atoms with E-state index in [0.29, 0.717) is 23.6 Å². The van der Waals surface area contributed by atoms with Gasteiger partial charge in [0.25, 0.3) is 0 Å². The summed E-state index contributed by atoms with van der Waals surface area (Å²) >= 11 is 0. The number of carbonyl (C=O) groups excluding carboxylic acids is 2. The third-order valence-corrected chi connectivity index (χ3v) is 5.89. The molecule has 1 aromatic heterocycles. The second-order valence-corrected chi connectivity index (χ2v) is 9.47. The lowest BCUT2D eigenvalue weighted by molar-refractivity contribution is 0.0473. The van der Waals surface area contributed by atoms with Crippen LogP contribution in [0.5, 0.6) is 0 Å². The summed E-state index contributed by atoms with van der Waals surface area (Å²) in [5.41, 5.74) is 2.09. The third kappa shape index (κ3) is 4.16. The fourth-order valence-corrected chi connectivity index (χ4v) is 4.54. The fraction of sp³-hybridized carbons (Fsp3) is 0.360. The van der Waals surface area contributed by atoms with Gasteiger partial charge in [0.1, 0.15) is 17.5 Å². The van der Waals surface area contributed by atoms with E-state index in [4.69, 9.17) is 9.47 Å². The molecule has 186 valence electrons. The van der Waals surface area contributed by atoms with Gasteiger partial charge in [0.2, 0.25) is 5.82 Å². The van der Waals surface area contributed by atoms with Crippen molar-refractivity contribution in [2.45, 2.75) is 51.8 Å². The van der Waals surface area contributed by atoms with Crippen molar-refractivity contribution in [2.24, 2.45) is 5.10 Å². The Labute approximate surface area is 208 Å². The van der Waals surface area contributed by atoms with Gasteiger partial charge in [0.15, 0.2) is 0 Å². The van der Waals surface area contributed by atoms with Crippen molar-refractivity contribution in [3.63, 3.8) is 0 Å². The van der Waals surface area contributed by atoms with Crippen molar-refractivity contribution in [1.82, 2.24) is 25.2 Å². The van der Waals surface area contributed by atoms with Gasteiger partial charge >= 0.3 is 12.2 Å². The zero-order valence-corrected chi connectivity index (χ0v) is 20.5. The molecule has 0 N–H and O–H groups in total. The minimum absolute atomic E-state index is 0.152. The van der Waals surface area contributed by atoms with E-state index in [2.05, 4.69) is 20.6 Å². The van der Waals surface area contributed by atoms with Crippen LogP contribution in [0.15, 0.2) is 59.7 Å². The molecule has 5 rings (SSSR count). The van der Waals surface area contributed by atoms with E-state index in [0.717, 1.165) is 11.3 Å². The van der Waals surface area contributed by atoms with Crippen LogP contribution in [0, 0.1) is 0 Å². The van der Waals surface area contributed by atoms with Gasteiger partial charge in [0, 0.05) is 12.3 Å². The van der Waals surface area contributed by atoms with Crippen molar-refractivity contribution in [2.75, 3.05) is 11.5 Å². The van der Waals surface area contributed by atoms with E-state index in [1.807, 2.05) is 54.6 Å². The highest BCUT2D eigenvalue weighted by molar-refractivity contribution is 6.01. The second kappa shape index (κ2) is 9.06. The number of anilines is 1. The highest BCUT2D eigenvalue weighted by Gasteiger charge is 2.51. The number of fused-ring (bicyclic) bond motifs is 3. The Morgan fingerprint density at radius 1 is 1.03 bits per heavy atom. The van der Waals surface area contributed by atoms with Crippen molar-refractivity contribution in [3.05, 3.63) is 66.0 Å². The number of amides is 2. The smallest absolute Gasteiger partial charge is 0.432 e. The molecule has 11 nitrogen and oxygen atoms in total. The van der Waals surface area contributed by atoms with E-state index in [1.165, 1.54) is 9.91 Å². The van der Waals surface area contributed by atoms with Crippen molar-refractivity contribution in [3.8, 4) is 5.69 Å². The highest BCUT2D eigenvalue weighted by Crippen LogP contribution is 2.47. The first-order valence-electron chi connectivity index (χ1n) is 11.8. The molecule has 0 fully saturated rings. The average Bonchev–Trinajstić information content (AvgIpc) is 3.46. The first kappa shape index (κ1) is 23.5. The number of rotatable bonds is 3. The summed E-state index contributed by atoms with van der Waals surface area (Å²) in [4.78, 5) is 28.1. The topological polar surface area (TPSA) is 115 Å². The van der Waals surface area contributed by atoms with E-state index >= 15 is 0 Å². The lowest BCUT2D eigenvalue weighted by atomic mass is 9.91. The van der Waals surface area contributed by atoms with Crippen LogP contribution < -0.4 is 4.90 Å². The Hall–Kier alpha value is -4.28. The molecule has 2 aliphatic heterocycles. The molecular weight excluding hydrogens is 462 g/mol. The van der Waals surface area contributed by atoms with Gasteiger partial charge in [-0.3, -0.25) is 4.90 Å². The van der Waals surface area contributed by atoms with E-state index in [1.54, 1.807) is 32.4 Å². The molecule has 2 amide bonds. The van der Waals surface area contributed by atoms with Crippen molar-refractivity contribution in [1.29, 1.82) is 0 Å². The second-order valence-electron chi connectivity index (χ2n) is 9.47. The molecule has 2 aliphatic rings. The van der Waals surface area contributed by atoms with E-state index in [9.17, 15) is 9.59 Å². The standard InChI is InChI=1S/C25H27N7O4/c1-5-35-24(34)32-22-18(17-13-9-10-14-20(17)30(22)23(33)36-25(2,3)4)15-19(27-32)21-26-28-29-31(21)16-11-7-6-8-12-16/h6-14,18,22H,5,15H2,1-4H3. The molecule has 36 heavy (non-hydrogen) atoms. The van der Waals surface area contributed by atoms with Crippen LogP contribution in [0.1, 0.15) is 51.4 Å². The van der Waals surface area contributed by atoms with Crippen LogP contribution >= 0.6 is 0 Å². The molecule has 2 unspecified atom stereocenters. The molecule has 0 saturated carbocycles. The monoisotopic (exact) mass is 489 g/mol. The van der Waals surface area contributed by atoms with Gasteiger partial charge in [-0.05, 0) is 61.9 Å². The van der Waals surface area contributed by atoms with Gasteiger partial charge in [-0.15, -0.1) is 5.10 Å². The van der Waals surface area contributed by atoms with Crippen LogP contribution in [-0.4, -0.2) is 61.5 Å². The van der Waals surface area contributed by atoms with Crippen molar-refractivity contribution >= 4 is 23.6 Å². The largest absolute Gasteiger partial charge is 0.448 e. The summed E-state index contributed by atoms with van der Waals surface area (Å²) in [7, 11) is 0. The number of ether oxygens (including phenoxy) is 2. The van der Waals surface area contributed by atoms with E-state index < -0.39 is 24.0 Å². The summed E-state index contributed by atoms with van der Waals surface area (Å²) in [5.74, 6) is 0.105. The number of nitrogens with zero attached hydrogens (tertiary/aromatic N) is 7. The van der Waals surface area contributed by atoms with Gasteiger partial charge in [0.05, 0.1) is 18.0 Å². The SMILES string of the molecule is CCOC(=O)N1N=C(c2nnnn2-c2ccccc2)CC2c3ccccc3N(C(=O)OC(C)(C)C)C21. The number of carbonyl (C=O) groups is 2. The first-order valence-corrected chi connectivity index (χ1v) is 11.8. The Morgan fingerprint density at radius 3 is 2.47 bits per heavy atom. The molecule has 3 heterocycles.